The van der Waals surface area contributed by atoms with Crippen molar-refractivity contribution < 1.29 is 9.90 Å². The first-order chi connectivity index (χ1) is 9.08. The smallest absolute Gasteiger partial charge is 0.337 e. The highest BCUT2D eigenvalue weighted by Crippen LogP contribution is 2.23. The van der Waals surface area contributed by atoms with Crippen molar-refractivity contribution in [1.82, 2.24) is 0 Å². The molecule has 0 bridgehead atoms. The highest BCUT2D eigenvalue weighted by molar-refractivity contribution is 9.10. The first-order valence-corrected chi connectivity index (χ1v) is 6.75. The van der Waals surface area contributed by atoms with Crippen LogP contribution in [0.3, 0.4) is 0 Å². The lowest BCUT2D eigenvalue weighted by Gasteiger charge is -2.10. The molecule has 2 N–H and O–H groups in total. The van der Waals surface area contributed by atoms with Crippen LogP contribution < -0.4 is 5.32 Å². The summed E-state index contributed by atoms with van der Waals surface area (Å²) in [5.74, 6) is -0.954. The standard InChI is InChI=1S/C14H11BrClNO2/c15-10-6-5-9(12(16)7-10)8-17-13-4-2-1-3-11(13)14(18)19/h1-7,17H,8H2,(H,18,19). The minimum Gasteiger partial charge on any atom is -0.478 e. The number of anilines is 1. The van der Waals surface area contributed by atoms with E-state index in [4.69, 9.17) is 16.7 Å². The van der Waals surface area contributed by atoms with E-state index in [1.165, 1.54) is 0 Å². The zero-order valence-corrected chi connectivity index (χ0v) is 12.2. The predicted molar refractivity (Wildman–Crippen MR) is 79.9 cm³/mol. The quantitative estimate of drug-likeness (QED) is 0.866. The largest absolute Gasteiger partial charge is 0.478 e. The molecule has 0 amide bonds. The average molecular weight is 341 g/mol. The highest BCUT2D eigenvalue weighted by atomic mass is 79.9. The average Bonchev–Trinajstić information content (AvgIpc) is 2.38. The Kier molecular flexibility index (Phi) is 4.45. The number of hydrogen-bond acceptors (Lipinski definition) is 2. The number of nitrogens with one attached hydrogen (secondary N) is 1. The summed E-state index contributed by atoms with van der Waals surface area (Å²) in [6, 6.07) is 12.4. The third kappa shape index (κ3) is 3.49. The highest BCUT2D eigenvalue weighted by Gasteiger charge is 2.09. The van der Waals surface area contributed by atoms with E-state index in [1.54, 1.807) is 24.3 Å². The molecule has 0 saturated carbocycles. The molecule has 5 heteroatoms. The van der Waals surface area contributed by atoms with Gasteiger partial charge in [-0.2, -0.15) is 0 Å². The van der Waals surface area contributed by atoms with Crippen molar-refractivity contribution in [3.8, 4) is 0 Å². The number of para-hydroxylation sites is 1. The molecule has 0 aliphatic heterocycles. The van der Waals surface area contributed by atoms with Crippen LogP contribution in [-0.2, 0) is 6.54 Å². The maximum absolute atomic E-state index is 11.1. The fraction of sp³-hybridized carbons (Fsp3) is 0.0714. The minimum absolute atomic E-state index is 0.246. The van der Waals surface area contributed by atoms with Crippen molar-refractivity contribution in [2.45, 2.75) is 6.54 Å². The normalized spacial score (nSPS) is 10.2. The summed E-state index contributed by atoms with van der Waals surface area (Å²) >= 11 is 9.45. The Labute approximate surface area is 124 Å². The second-order valence-electron chi connectivity index (χ2n) is 3.94. The van der Waals surface area contributed by atoms with Crippen LogP contribution in [0.1, 0.15) is 15.9 Å². The zero-order chi connectivity index (χ0) is 13.8. The van der Waals surface area contributed by atoms with Gasteiger partial charge in [-0.15, -0.1) is 0 Å². The van der Waals surface area contributed by atoms with Crippen molar-refractivity contribution in [2.24, 2.45) is 0 Å². The summed E-state index contributed by atoms with van der Waals surface area (Å²) in [6.45, 7) is 0.469. The molecule has 0 saturated heterocycles. The second-order valence-corrected chi connectivity index (χ2v) is 5.26. The number of carbonyl (C=O) groups is 1. The second kappa shape index (κ2) is 6.08. The van der Waals surface area contributed by atoms with E-state index in [2.05, 4.69) is 21.2 Å². The van der Waals surface area contributed by atoms with Gasteiger partial charge in [0.25, 0.3) is 0 Å². The van der Waals surface area contributed by atoms with Crippen LogP contribution in [0, 0.1) is 0 Å². The Morgan fingerprint density at radius 1 is 1.26 bits per heavy atom. The van der Waals surface area contributed by atoms with Gasteiger partial charge < -0.3 is 10.4 Å². The number of carboxylic acids is 1. The number of benzene rings is 2. The summed E-state index contributed by atoms with van der Waals surface area (Å²) in [5, 5.41) is 12.8. The van der Waals surface area contributed by atoms with Gasteiger partial charge >= 0.3 is 5.97 Å². The maximum Gasteiger partial charge on any atom is 0.337 e. The fourth-order valence-corrected chi connectivity index (χ4v) is 2.42. The molecule has 98 valence electrons. The van der Waals surface area contributed by atoms with Crippen LogP contribution in [0.4, 0.5) is 5.69 Å². The molecule has 0 unspecified atom stereocenters. The third-order valence-corrected chi connectivity index (χ3v) is 3.49. The van der Waals surface area contributed by atoms with Crippen molar-refractivity contribution in [1.29, 1.82) is 0 Å². The van der Waals surface area contributed by atoms with Gasteiger partial charge in [-0.25, -0.2) is 4.79 Å². The van der Waals surface area contributed by atoms with E-state index in [9.17, 15) is 4.79 Å². The van der Waals surface area contributed by atoms with Gasteiger partial charge in [0, 0.05) is 21.7 Å². The molecule has 2 aromatic carbocycles. The maximum atomic E-state index is 11.1. The molecule has 0 aromatic heterocycles. The molecule has 19 heavy (non-hydrogen) atoms. The molecule has 0 atom stereocenters. The van der Waals surface area contributed by atoms with Crippen molar-refractivity contribution >= 4 is 39.2 Å². The summed E-state index contributed by atoms with van der Waals surface area (Å²) in [4.78, 5) is 11.1. The van der Waals surface area contributed by atoms with Gasteiger partial charge in [0.1, 0.15) is 0 Å². The SMILES string of the molecule is O=C(O)c1ccccc1NCc1ccc(Br)cc1Cl. The number of carboxylic acid groups (broad SMARTS) is 1. The molecule has 0 aliphatic rings. The van der Waals surface area contributed by atoms with Gasteiger partial charge in [0.2, 0.25) is 0 Å². The van der Waals surface area contributed by atoms with Crippen LogP contribution in [0.2, 0.25) is 5.02 Å². The Morgan fingerprint density at radius 3 is 2.68 bits per heavy atom. The van der Waals surface area contributed by atoms with Crippen molar-refractivity contribution in [3.05, 3.63) is 63.1 Å². The van der Waals surface area contributed by atoms with Crippen LogP contribution >= 0.6 is 27.5 Å². The van der Waals surface area contributed by atoms with Crippen LogP contribution in [0.25, 0.3) is 0 Å². The van der Waals surface area contributed by atoms with Crippen molar-refractivity contribution in [3.63, 3.8) is 0 Å². The minimum atomic E-state index is -0.954. The van der Waals surface area contributed by atoms with E-state index < -0.39 is 5.97 Å². The molecule has 2 aromatic rings. The zero-order valence-electron chi connectivity index (χ0n) is 9.86. The van der Waals surface area contributed by atoms with Gasteiger partial charge in [-0.1, -0.05) is 45.7 Å². The predicted octanol–water partition coefficient (Wildman–Crippen LogP) is 4.41. The lowest BCUT2D eigenvalue weighted by molar-refractivity contribution is 0.0698. The van der Waals surface area contributed by atoms with Crippen LogP contribution in [0.5, 0.6) is 0 Å². The van der Waals surface area contributed by atoms with Gasteiger partial charge in [-0.3, -0.25) is 0 Å². The first kappa shape index (κ1) is 13.9. The Bertz CT molecular complexity index is 616. The van der Waals surface area contributed by atoms with E-state index in [-0.39, 0.29) is 5.56 Å². The monoisotopic (exact) mass is 339 g/mol. The number of halogens is 2. The topological polar surface area (TPSA) is 49.3 Å². The molecule has 2 rings (SSSR count). The summed E-state index contributed by atoms with van der Waals surface area (Å²) in [5.41, 5.74) is 1.73. The lowest BCUT2D eigenvalue weighted by Crippen LogP contribution is -2.06. The third-order valence-electron chi connectivity index (χ3n) is 2.64. The van der Waals surface area contributed by atoms with Crippen molar-refractivity contribution in [2.75, 3.05) is 5.32 Å². The molecule has 0 heterocycles. The summed E-state index contributed by atoms with van der Waals surface area (Å²) in [6.07, 6.45) is 0. The van der Waals surface area contributed by atoms with Gasteiger partial charge in [0.05, 0.1) is 5.56 Å². The lowest BCUT2D eigenvalue weighted by atomic mass is 10.1. The molecular formula is C14H11BrClNO2. The summed E-state index contributed by atoms with van der Waals surface area (Å²) in [7, 11) is 0. The first-order valence-electron chi connectivity index (χ1n) is 5.58. The van der Waals surface area contributed by atoms with Gasteiger partial charge in [0.15, 0.2) is 0 Å². The number of aromatic carboxylic acids is 1. The molecular weight excluding hydrogens is 330 g/mol. The number of hydrogen-bond donors (Lipinski definition) is 2. The molecule has 3 nitrogen and oxygen atoms in total. The summed E-state index contributed by atoms with van der Waals surface area (Å²) < 4.78 is 0.909. The van der Waals surface area contributed by atoms with E-state index in [0.717, 1.165) is 10.0 Å². The van der Waals surface area contributed by atoms with E-state index >= 15 is 0 Å². The molecule has 0 spiro atoms. The molecule has 0 fully saturated rings. The van der Waals surface area contributed by atoms with E-state index in [1.807, 2.05) is 18.2 Å². The number of rotatable bonds is 4. The molecule has 0 radical (unpaired) electrons. The Hall–Kier alpha value is -1.52. The Morgan fingerprint density at radius 2 is 2.00 bits per heavy atom. The fourth-order valence-electron chi connectivity index (χ4n) is 1.68. The van der Waals surface area contributed by atoms with E-state index in [0.29, 0.717) is 17.3 Å². The van der Waals surface area contributed by atoms with Gasteiger partial charge in [-0.05, 0) is 29.8 Å². The molecule has 0 aliphatic carbocycles. The van der Waals surface area contributed by atoms with Crippen LogP contribution in [-0.4, -0.2) is 11.1 Å². The van der Waals surface area contributed by atoms with Crippen LogP contribution in [0.15, 0.2) is 46.9 Å². The Balaban J connectivity index is 2.17.